The predicted molar refractivity (Wildman–Crippen MR) is 124 cm³/mol. The van der Waals surface area contributed by atoms with Crippen molar-refractivity contribution in [2.75, 3.05) is 23.7 Å². The summed E-state index contributed by atoms with van der Waals surface area (Å²) in [7, 11) is 1.78. The molecule has 158 valence electrons. The van der Waals surface area contributed by atoms with Crippen LogP contribution in [0.1, 0.15) is 35.6 Å². The van der Waals surface area contributed by atoms with Crippen molar-refractivity contribution in [1.82, 2.24) is 9.88 Å². The number of para-hydroxylation sites is 1. The number of hydrogen-bond donors (Lipinski definition) is 3. The number of aryl methyl sites for hydroxylation is 1. The van der Waals surface area contributed by atoms with E-state index < -0.39 is 0 Å². The second-order valence-corrected chi connectivity index (χ2v) is 8.08. The zero-order valence-electron chi connectivity index (χ0n) is 17.8. The summed E-state index contributed by atoms with van der Waals surface area (Å²) in [5, 5.41) is 20.3. The average molecular weight is 414 g/mol. The molecule has 0 spiro atoms. The number of nitrogens with one attached hydrogen (secondary N) is 3. The smallest absolute Gasteiger partial charge is 0.250 e. The quantitative estimate of drug-likeness (QED) is 0.575. The lowest BCUT2D eigenvalue weighted by molar-refractivity contribution is 0.454. The van der Waals surface area contributed by atoms with Gasteiger partial charge >= 0.3 is 0 Å². The van der Waals surface area contributed by atoms with Crippen LogP contribution in [-0.2, 0) is 7.05 Å². The van der Waals surface area contributed by atoms with E-state index in [0.717, 1.165) is 30.0 Å². The van der Waals surface area contributed by atoms with E-state index >= 15 is 0 Å². The van der Waals surface area contributed by atoms with Crippen LogP contribution in [0.15, 0.2) is 71.7 Å². The van der Waals surface area contributed by atoms with Crippen LogP contribution in [0.25, 0.3) is 0 Å². The first-order chi connectivity index (χ1) is 15.1. The van der Waals surface area contributed by atoms with Crippen LogP contribution in [0.4, 0.5) is 11.4 Å². The Bertz CT molecular complexity index is 1150. The highest BCUT2D eigenvalue weighted by Crippen LogP contribution is 2.33. The molecule has 1 aliphatic rings. The Kier molecular flexibility index (Phi) is 6.06. The van der Waals surface area contributed by atoms with Crippen LogP contribution in [0.5, 0.6) is 0 Å². The Hall–Kier alpha value is -3.56. The summed E-state index contributed by atoms with van der Waals surface area (Å²) in [4.78, 5) is 11.7. The fourth-order valence-electron chi connectivity index (χ4n) is 4.09. The van der Waals surface area contributed by atoms with E-state index in [9.17, 15) is 10.1 Å². The molecule has 4 rings (SSSR count). The number of benzene rings is 2. The number of nitriles is 1. The summed E-state index contributed by atoms with van der Waals surface area (Å²) < 4.78 is 1.62. The van der Waals surface area contributed by atoms with Crippen LogP contribution in [0, 0.1) is 11.3 Å². The minimum Gasteiger partial charge on any atom is -0.381 e. The molecule has 0 saturated heterocycles. The molecule has 2 aromatic carbocycles. The number of hydrogen-bond acceptors (Lipinski definition) is 5. The molecule has 6 heteroatoms. The Labute approximate surface area is 182 Å². The molecule has 3 N–H and O–H groups in total. The van der Waals surface area contributed by atoms with Crippen molar-refractivity contribution in [3.63, 3.8) is 0 Å². The van der Waals surface area contributed by atoms with Gasteiger partial charge in [-0.25, -0.2) is 0 Å². The third kappa shape index (κ3) is 4.47. The highest BCUT2D eigenvalue weighted by atomic mass is 16.1. The number of pyridine rings is 1. The maximum atomic E-state index is 11.7. The molecule has 0 radical (unpaired) electrons. The fourth-order valence-corrected chi connectivity index (χ4v) is 4.09. The van der Waals surface area contributed by atoms with Crippen LogP contribution in [0.3, 0.4) is 0 Å². The van der Waals surface area contributed by atoms with Crippen molar-refractivity contribution in [3.05, 3.63) is 93.9 Å². The van der Waals surface area contributed by atoms with E-state index in [4.69, 9.17) is 0 Å². The molecule has 0 unspecified atom stereocenters. The standard InChI is InChI=1S/C25H27N5O/c1-17(20-11-12-23(31)30(2)16-20)14-28-24(18-7-4-3-5-8-18)22-15-27-21-10-6-9-19(13-26)25(21)29-22/h3-12,16-17,22,24,27-29H,14-15H2,1-2H3/t17-,22-,24-/m1/s1. The summed E-state index contributed by atoms with van der Waals surface area (Å²) in [6.45, 7) is 3.65. The molecular formula is C25H27N5O. The van der Waals surface area contributed by atoms with Crippen molar-refractivity contribution in [3.8, 4) is 6.07 Å². The van der Waals surface area contributed by atoms with Gasteiger partial charge in [-0.1, -0.05) is 49.4 Å². The first-order valence-corrected chi connectivity index (χ1v) is 10.5. The number of aromatic nitrogens is 1. The maximum absolute atomic E-state index is 11.7. The van der Waals surface area contributed by atoms with Crippen LogP contribution in [0.2, 0.25) is 0 Å². The van der Waals surface area contributed by atoms with Crippen molar-refractivity contribution >= 4 is 11.4 Å². The van der Waals surface area contributed by atoms with Gasteiger partial charge in [0, 0.05) is 32.4 Å². The topological polar surface area (TPSA) is 81.9 Å². The second kappa shape index (κ2) is 9.07. The normalized spacial score (nSPS) is 16.9. The van der Waals surface area contributed by atoms with Gasteiger partial charge in [0.2, 0.25) is 5.56 Å². The lowest BCUT2D eigenvalue weighted by Gasteiger charge is -2.36. The summed E-state index contributed by atoms with van der Waals surface area (Å²) in [6, 6.07) is 22.0. The summed E-state index contributed by atoms with van der Waals surface area (Å²) in [5.74, 6) is 0.233. The molecule has 0 bridgehead atoms. The van der Waals surface area contributed by atoms with Gasteiger partial charge < -0.3 is 20.5 Å². The van der Waals surface area contributed by atoms with Crippen molar-refractivity contribution < 1.29 is 0 Å². The molecule has 3 atom stereocenters. The Balaban J connectivity index is 1.56. The lowest BCUT2D eigenvalue weighted by Crippen LogP contribution is -2.45. The first kappa shape index (κ1) is 20.7. The first-order valence-electron chi connectivity index (χ1n) is 10.5. The third-order valence-corrected chi connectivity index (χ3v) is 5.91. The molecule has 0 saturated carbocycles. The number of fused-ring (bicyclic) bond motifs is 1. The van der Waals surface area contributed by atoms with Gasteiger partial charge in [-0.2, -0.15) is 5.26 Å². The largest absolute Gasteiger partial charge is 0.381 e. The molecule has 0 aliphatic carbocycles. The van der Waals surface area contributed by atoms with E-state index in [1.54, 1.807) is 17.7 Å². The lowest BCUT2D eigenvalue weighted by atomic mass is 9.95. The molecule has 6 nitrogen and oxygen atoms in total. The van der Waals surface area contributed by atoms with Gasteiger partial charge in [0.1, 0.15) is 6.07 Å². The van der Waals surface area contributed by atoms with E-state index in [-0.39, 0.29) is 23.6 Å². The molecule has 31 heavy (non-hydrogen) atoms. The Morgan fingerprint density at radius 3 is 2.68 bits per heavy atom. The summed E-state index contributed by atoms with van der Waals surface area (Å²) >= 11 is 0. The highest BCUT2D eigenvalue weighted by Gasteiger charge is 2.28. The van der Waals surface area contributed by atoms with E-state index in [2.05, 4.69) is 41.1 Å². The molecule has 3 aromatic rings. The van der Waals surface area contributed by atoms with Gasteiger partial charge in [-0.15, -0.1) is 0 Å². The maximum Gasteiger partial charge on any atom is 0.250 e. The van der Waals surface area contributed by atoms with Crippen molar-refractivity contribution in [2.45, 2.75) is 24.9 Å². The molecule has 1 aliphatic heterocycles. The van der Waals surface area contributed by atoms with E-state index in [1.807, 2.05) is 48.7 Å². The fraction of sp³-hybridized carbons (Fsp3) is 0.280. The SMILES string of the molecule is C[C@H](CN[C@H](c1ccccc1)[C@H]1CNc2cccc(C#N)c2N1)c1ccc(=O)n(C)c1. The van der Waals surface area contributed by atoms with Gasteiger partial charge in [-0.3, -0.25) is 4.79 Å². The van der Waals surface area contributed by atoms with Crippen LogP contribution in [-0.4, -0.2) is 23.7 Å². The molecular weight excluding hydrogens is 386 g/mol. The molecule has 2 heterocycles. The van der Waals surface area contributed by atoms with Crippen molar-refractivity contribution in [2.24, 2.45) is 7.05 Å². The zero-order chi connectivity index (χ0) is 21.8. The van der Waals surface area contributed by atoms with Gasteiger partial charge in [0.05, 0.1) is 29.0 Å². The average Bonchev–Trinajstić information content (AvgIpc) is 2.81. The van der Waals surface area contributed by atoms with Gasteiger partial charge in [-0.05, 0) is 29.2 Å². The minimum absolute atomic E-state index is 0.00415. The molecule has 0 amide bonds. The van der Waals surface area contributed by atoms with Gasteiger partial charge in [0.25, 0.3) is 0 Å². The molecule has 0 fully saturated rings. The second-order valence-electron chi connectivity index (χ2n) is 8.08. The monoisotopic (exact) mass is 413 g/mol. The number of nitrogens with zero attached hydrogens (tertiary/aromatic N) is 2. The minimum atomic E-state index is -0.00415. The third-order valence-electron chi connectivity index (χ3n) is 5.91. The van der Waals surface area contributed by atoms with E-state index in [1.165, 1.54) is 5.56 Å². The zero-order valence-corrected chi connectivity index (χ0v) is 17.8. The summed E-state index contributed by atoms with van der Waals surface area (Å²) in [5.41, 5.74) is 4.76. The van der Waals surface area contributed by atoms with Gasteiger partial charge in [0.15, 0.2) is 0 Å². The Morgan fingerprint density at radius 2 is 1.94 bits per heavy atom. The van der Waals surface area contributed by atoms with Crippen LogP contribution < -0.4 is 21.5 Å². The highest BCUT2D eigenvalue weighted by molar-refractivity contribution is 5.77. The molecule has 1 aromatic heterocycles. The predicted octanol–water partition coefficient (Wildman–Crippen LogP) is 3.60. The summed E-state index contributed by atoms with van der Waals surface area (Å²) in [6.07, 6.45) is 1.90. The van der Waals surface area contributed by atoms with Crippen LogP contribution >= 0.6 is 0 Å². The van der Waals surface area contributed by atoms with Crippen molar-refractivity contribution in [1.29, 1.82) is 5.26 Å². The number of rotatable bonds is 6. The Morgan fingerprint density at radius 1 is 1.13 bits per heavy atom. The van der Waals surface area contributed by atoms with E-state index in [0.29, 0.717) is 5.56 Å². The number of anilines is 2.